The van der Waals surface area contributed by atoms with Crippen LogP contribution in [0.5, 0.6) is 5.75 Å². The first-order valence-corrected chi connectivity index (χ1v) is 12.8. The van der Waals surface area contributed by atoms with E-state index in [0.717, 1.165) is 27.9 Å². The van der Waals surface area contributed by atoms with Gasteiger partial charge in [0.15, 0.2) is 6.61 Å². The first-order valence-electron chi connectivity index (χ1n) is 12.1. The highest BCUT2D eigenvalue weighted by Gasteiger charge is 2.16. The molecule has 37 heavy (non-hydrogen) atoms. The van der Waals surface area contributed by atoms with Gasteiger partial charge in [0.1, 0.15) is 12.4 Å². The molecular formula is C30H31Cl2NO4. The van der Waals surface area contributed by atoms with Gasteiger partial charge < -0.3 is 14.8 Å². The predicted octanol–water partition coefficient (Wildman–Crippen LogP) is 8.01. The third-order valence-electron chi connectivity index (χ3n) is 5.72. The van der Waals surface area contributed by atoms with Gasteiger partial charge in [-0.15, -0.1) is 0 Å². The molecule has 194 valence electrons. The highest BCUT2D eigenvalue weighted by atomic mass is 35.5. The number of amides is 1. The van der Waals surface area contributed by atoms with E-state index in [1.165, 1.54) is 6.08 Å². The molecule has 0 fully saturated rings. The van der Waals surface area contributed by atoms with Gasteiger partial charge in [0, 0.05) is 27.4 Å². The number of benzene rings is 3. The van der Waals surface area contributed by atoms with Crippen molar-refractivity contribution in [2.75, 3.05) is 11.9 Å². The molecular weight excluding hydrogens is 509 g/mol. The zero-order valence-electron chi connectivity index (χ0n) is 21.4. The molecule has 5 nitrogen and oxygen atoms in total. The van der Waals surface area contributed by atoms with Crippen LogP contribution in [0, 0.1) is 0 Å². The number of rotatable bonds is 10. The fourth-order valence-corrected chi connectivity index (χ4v) is 4.23. The summed E-state index contributed by atoms with van der Waals surface area (Å²) in [6.45, 7) is 8.17. The van der Waals surface area contributed by atoms with Crippen LogP contribution in [0.25, 0.3) is 6.08 Å². The lowest BCUT2D eigenvalue weighted by Crippen LogP contribution is -2.22. The lowest BCUT2D eigenvalue weighted by atomic mass is 9.92. The van der Waals surface area contributed by atoms with Crippen LogP contribution in [0.4, 0.5) is 5.69 Å². The zero-order valence-corrected chi connectivity index (χ0v) is 22.9. The third kappa shape index (κ3) is 8.11. The summed E-state index contributed by atoms with van der Waals surface area (Å²) < 4.78 is 10.9. The van der Waals surface area contributed by atoms with Crippen molar-refractivity contribution in [1.82, 2.24) is 0 Å². The average molecular weight is 540 g/mol. The molecule has 0 bridgehead atoms. The van der Waals surface area contributed by atoms with Gasteiger partial charge in [-0.2, -0.15) is 0 Å². The molecule has 0 aliphatic heterocycles. The maximum Gasteiger partial charge on any atom is 0.331 e. The van der Waals surface area contributed by atoms with E-state index in [1.807, 2.05) is 18.2 Å². The highest BCUT2D eigenvalue weighted by molar-refractivity contribution is 6.35. The number of anilines is 1. The molecule has 1 amide bonds. The molecule has 0 saturated carbocycles. The Morgan fingerprint density at radius 3 is 2.00 bits per heavy atom. The number of nitrogens with one attached hydrogen (secondary N) is 1. The quantitative estimate of drug-likeness (QED) is 0.209. The van der Waals surface area contributed by atoms with Crippen molar-refractivity contribution in [3.63, 3.8) is 0 Å². The molecule has 0 radical (unpaired) electrons. The smallest absolute Gasteiger partial charge is 0.331 e. The van der Waals surface area contributed by atoms with E-state index in [9.17, 15) is 9.59 Å². The number of esters is 1. The van der Waals surface area contributed by atoms with Crippen molar-refractivity contribution in [2.24, 2.45) is 0 Å². The topological polar surface area (TPSA) is 64.6 Å². The maximum absolute atomic E-state index is 12.5. The molecule has 0 aliphatic carbocycles. The minimum absolute atomic E-state index is 0.238. The van der Waals surface area contributed by atoms with Crippen LogP contribution in [-0.4, -0.2) is 18.5 Å². The molecule has 3 rings (SSSR count). The number of carbonyl (C=O) groups is 2. The van der Waals surface area contributed by atoms with E-state index in [4.69, 9.17) is 32.7 Å². The van der Waals surface area contributed by atoms with Crippen molar-refractivity contribution < 1.29 is 19.1 Å². The Kier molecular flexibility index (Phi) is 10.2. The lowest BCUT2D eigenvalue weighted by Gasteiger charge is -2.20. The van der Waals surface area contributed by atoms with Gasteiger partial charge in [-0.3, -0.25) is 4.79 Å². The Morgan fingerprint density at radius 1 is 0.865 bits per heavy atom. The molecule has 0 saturated heterocycles. The monoisotopic (exact) mass is 539 g/mol. The van der Waals surface area contributed by atoms with Gasteiger partial charge in [-0.05, 0) is 58.9 Å². The Labute approximate surface area is 228 Å². The van der Waals surface area contributed by atoms with Crippen LogP contribution in [0.1, 0.15) is 61.8 Å². The predicted molar refractivity (Wildman–Crippen MR) is 150 cm³/mol. The number of carbonyl (C=O) groups excluding carboxylic acids is 2. The van der Waals surface area contributed by atoms with E-state index in [-0.39, 0.29) is 31.0 Å². The lowest BCUT2D eigenvalue weighted by molar-refractivity contribution is -0.142. The Bertz CT molecular complexity index is 1220. The number of ether oxygens (including phenoxy) is 2. The molecule has 1 N–H and O–H groups in total. The van der Waals surface area contributed by atoms with Crippen molar-refractivity contribution in [1.29, 1.82) is 0 Å². The van der Waals surface area contributed by atoms with Crippen LogP contribution in [0.2, 0.25) is 10.0 Å². The zero-order chi connectivity index (χ0) is 26.9. The molecule has 0 spiro atoms. The number of hydrogen-bond donors (Lipinski definition) is 1. The Balaban J connectivity index is 1.52. The molecule has 0 heterocycles. The third-order valence-corrected chi connectivity index (χ3v) is 6.43. The molecule has 0 aliphatic rings. The van der Waals surface area contributed by atoms with Gasteiger partial charge in [0.25, 0.3) is 5.91 Å². The fraction of sp³-hybridized carbons (Fsp3) is 0.267. The van der Waals surface area contributed by atoms with E-state index < -0.39 is 5.97 Å². The van der Waals surface area contributed by atoms with Crippen LogP contribution in [0.3, 0.4) is 0 Å². The minimum Gasteiger partial charge on any atom is -0.489 e. The Morgan fingerprint density at radius 2 is 1.43 bits per heavy atom. The molecule has 0 aromatic heterocycles. The molecule has 7 heteroatoms. The number of para-hydroxylation sites is 1. The maximum atomic E-state index is 12.5. The summed E-state index contributed by atoms with van der Waals surface area (Å²) in [5.74, 6) is 0.132. The Hall–Kier alpha value is -3.28. The fourth-order valence-electron chi connectivity index (χ4n) is 3.72. The summed E-state index contributed by atoms with van der Waals surface area (Å²) in [5, 5.41) is 4.03. The van der Waals surface area contributed by atoms with E-state index in [2.05, 4.69) is 33.0 Å². The van der Waals surface area contributed by atoms with Gasteiger partial charge in [0.05, 0.1) is 0 Å². The van der Waals surface area contributed by atoms with E-state index in [0.29, 0.717) is 15.8 Å². The molecule has 0 atom stereocenters. The second kappa shape index (κ2) is 13.3. The second-order valence-electron chi connectivity index (χ2n) is 9.17. The van der Waals surface area contributed by atoms with E-state index >= 15 is 0 Å². The summed E-state index contributed by atoms with van der Waals surface area (Å²) in [6.07, 6.45) is 2.90. The summed E-state index contributed by atoms with van der Waals surface area (Å²) >= 11 is 12.3. The van der Waals surface area contributed by atoms with Gasteiger partial charge in [0.2, 0.25) is 0 Å². The molecule has 3 aromatic carbocycles. The summed E-state index contributed by atoms with van der Waals surface area (Å²) in [4.78, 5) is 24.7. The van der Waals surface area contributed by atoms with Crippen molar-refractivity contribution >= 4 is 46.8 Å². The first kappa shape index (κ1) is 28.3. The van der Waals surface area contributed by atoms with Crippen LogP contribution >= 0.6 is 23.2 Å². The van der Waals surface area contributed by atoms with Crippen molar-refractivity contribution in [3.8, 4) is 5.75 Å². The van der Waals surface area contributed by atoms with Gasteiger partial charge in [-0.1, -0.05) is 87.3 Å². The largest absolute Gasteiger partial charge is 0.489 e. The SMILES string of the molecule is CC(C)c1cccc(C(C)C)c1NC(=O)COC(=O)/C=C/c1ccc(OCc2c(Cl)cccc2Cl)cc1. The molecule has 3 aromatic rings. The van der Waals surface area contributed by atoms with Crippen LogP contribution in [0.15, 0.2) is 66.7 Å². The normalized spacial score (nSPS) is 11.2. The highest BCUT2D eigenvalue weighted by Crippen LogP contribution is 2.32. The van der Waals surface area contributed by atoms with Gasteiger partial charge in [-0.25, -0.2) is 4.79 Å². The number of hydrogen-bond acceptors (Lipinski definition) is 4. The first-order chi connectivity index (χ1) is 17.7. The van der Waals surface area contributed by atoms with Crippen LogP contribution < -0.4 is 10.1 Å². The standard InChI is InChI=1S/C30H31Cl2NO4/c1-19(2)23-7-5-8-24(20(3)4)30(23)33-28(34)18-37-29(35)16-13-21-11-14-22(15-12-21)36-17-25-26(31)9-6-10-27(25)32/h5-16,19-20H,17-18H2,1-4H3,(H,33,34)/b16-13+. The van der Waals surface area contributed by atoms with E-state index in [1.54, 1.807) is 48.5 Å². The molecule has 0 unspecified atom stereocenters. The average Bonchev–Trinajstić information content (AvgIpc) is 2.86. The second-order valence-corrected chi connectivity index (χ2v) is 9.98. The van der Waals surface area contributed by atoms with Crippen LogP contribution in [-0.2, 0) is 20.9 Å². The summed E-state index contributed by atoms with van der Waals surface area (Å²) in [6, 6.07) is 18.5. The summed E-state index contributed by atoms with van der Waals surface area (Å²) in [5.41, 5.74) is 4.39. The van der Waals surface area contributed by atoms with Crippen molar-refractivity contribution in [3.05, 3.63) is 99.0 Å². The minimum atomic E-state index is -0.606. The summed E-state index contributed by atoms with van der Waals surface area (Å²) in [7, 11) is 0. The van der Waals surface area contributed by atoms with Gasteiger partial charge >= 0.3 is 5.97 Å². The van der Waals surface area contributed by atoms with Crippen molar-refractivity contribution in [2.45, 2.75) is 46.1 Å². The number of halogens is 2.